The van der Waals surface area contributed by atoms with Crippen molar-refractivity contribution in [3.05, 3.63) is 27.8 Å². The second-order valence-corrected chi connectivity index (χ2v) is 5.09. The lowest BCUT2D eigenvalue weighted by Gasteiger charge is -2.31. The molecule has 1 saturated heterocycles. The Morgan fingerprint density at radius 2 is 1.96 bits per heavy atom. The van der Waals surface area contributed by atoms with E-state index in [1.54, 1.807) is 4.90 Å². The molecular formula is C14H20ClN3O5. The Bertz CT molecular complexity index is 596. The molecule has 1 aromatic rings. The van der Waals surface area contributed by atoms with Gasteiger partial charge in [0.05, 0.1) is 25.2 Å². The maximum atomic E-state index is 12.6. The van der Waals surface area contributed by atoms with Gasteiger partial charge in [-0.15, -0.1) is 12.4 Å². The normalized spacial score (nSPS) is 17.2. The number of nitrogens with zero attached hydrogens (tertiary/aromatic N) is 2. The lowest BCUT2D eigenvalue weighted by molar-refractivity contribution is -0.385. The number of rotatable bonds is 4. The van der Waals surface area contributed by atoms with Crippen LogP contribution in [0.5, 0.6) is 11.5 Å². The van der Waals surface area contributed by atoms with E-state index in [0.29, 0.717) is 25.4 Å². The van der Waals surface area contributed by atoms with Crippen LogP contribution in [0.2, 0.25) is 0 Å². The van der Waals surface area contributed by atoms with Gasteiger partial charge in [0.2, 0.25) is 0 Å². The third-order valence-electron chi connectivity index (χ3n) is 3.58. The lowest BCUT2D eigenvalue weighted by Crippen LogP contribution is -2.51. The molecule has 1 N–H and O–H groups in total. The molecule has 23 heavy (non-hydrogen) atoms. The quantitative estimate of drug-likeness (QED) is 0.656. The average Bonchev–Trinajstić information content (AvgIpc) is 2.52. The van der Waals surface area contributed by atoms with Crippen molar-refractivity contribution in [3.8, 4) is 11.5 Å². The molecule has 1 fully saturated rings. The highest BCUT2D eigenvalue weighted by molar-refractivity contribution is 5.99. The van der Waals surface area contributed by atoms with Crippen LogP contribution in [0.15, 0.2) is 12.1 Å². The standard InChI is InChI=1S/C14H19N3O5.ClH/c1-9-8-16(5-4-15-9)14(18)10-6-12(21-2)13(22-3)7-11(10)17(19)20;/h6-7,9,15H,4-5,8H2,1-3H3;1H. The van der Waals surface area contributed by atoms with E-state index in [-0.39, 0.29) is 41.4 Å². The van der Waals surface area contributed by atoms with Gasteiger partial charge in [0, 0.05) is 31.7 Å². The van der Waals surface area contributed by atoms with Crippen LogP contribution in [0, 0.1) is 10.1 Å². The summed E-state index contributed by atoms with van der Waals surface area (Å²) in [6, 6.07) is 2.74. The predicted molar refractivity (Wildman–Crippen MR) is 86.8 cm³/mol. The van der Waals surface area contributed by atoms with Gasteiger partial charge in [0.1, 0.15) is 5.56 Å². The summed E-state index contributed by atoms with van der Waals surface area (Å²) in [7, 11) is 2.81. The van der Waals surface area contributed by atoms with Crippen molar-refractivity contribution >= 4 is 24.0 Å². The Morgan fingerprint density at radius 3 is 2.48 bits per heavy atom. The van der Waals surface area contributed by atoms with Crippen LogP contribution in [0.25, 0.3) is 0 Å². The number of piperazine rings is 1. The van der Waals surface area contributed by atoms with Crippen LogP contribution in [-0.2, 0) is 0 Å². The van der Waals surface area contributed by atoms with E-state index in [1.807, 2.05) is 6.92 Å². The number of benzene rings is 1. The summed E-state index contributed by atoms with van der Waals surface area (Å²) < 4.78 is 10.2. The number of ether oxygens (including phenoxy) is 2. The second kappa shape index (κ2) is 7.98. The summed E-state index contributed by atoms with van der Waals surface area (Å²) in [5, 5.41) is 14.5. The molecule has 2 rings (SSSR count). The highest BCUT2D eigenvalue weighted by atomic mass is 35.5. The highest BCUT2D eigenvalue weighted by Gasteiger charge is 2.29. The largest absolute Gasteiger partial charge is 0.493 e. The number of halogens is 1. The molecule has 1 amide bonds. The van der Waals surface area contributed by atoms with Crippen LogP contribution in [0.3, 0.4) is 0 Å². The van der Waals surface area contributed by atoms with Gasteiger partial charge in [-0.3, -0.25) is 14.9 Å². The van der Waals surface area contributed by atoms with Gasteiger partial charge in [-0.2, -0.15) is 0 Å². The van der Waals surface area contributed by atoms with E-state index in [1.165, 1.54) is 26.4 Å². The van der Waals surface area contributed by atoms with Crippen molar-refractivity contribution in [1.82, 2.24) is 10.2 Å². The number of nitro benzene ring substituents is 1. The zero-order chi connectivity index (χ0) is 16.3. The van der Waals surface area contributed by atoms with E-state index in [0.717, 1.165) is 0 Å². The molecule has 0 spiro atoms. The molecule has 1 heterocycles. The lowest BCUT2D eigenvalue weighted by atomic mass is 10.1. The zero-order valence-corrected chi connectivity index (χ0v) is 14.0. The molecular weight excluding hydrogens is 326 g/mol. The first kappa shape index (κ1) is 19.0. The fourth-order valence-corrected chi connectivity index (χ4v) is 2.48. The minimum Gasteiger partial charge on any atom is -0.493 e. The number of methoxy groups -OCH3 is 2. The Balaban J connectivity index is 0.00000264. The first-order chi connectivity index (χ1) is 10.5. The zero-order valence-electron chi connectivity index (χ0n) is 13.2. The van der Waals surface area contributed by atoms with Crippen LogP contribution in [-0.4, -0.2) is 55.6 Å². The van der Waals surface area contributed by atoms with Crippen molar-refractivity contribution in [2.45, 2.75) is 13.0 Å². The van der Waals surface area contributed by atoms with Crippen LogP contribution in [0.1, 0.15) is 17.3 Å². The van der Waals surface area contributed by atoms with E-state index >= 15 is 0 Å². The fraction of sp³-hybridized carbons (Fsp3) is 0.500. The van der Waals surface area contributed by atoms with Gasteiger partial charge in [-0.05, 0) is 6.92 Å². The van der Waals surface area contributed by atoms with Crippen molar-refractivity contribution in [1.29, 1.82) is 0 Å². The summed E-state index contributed by atoms with van der Waals surface area (Å²) in [6.45, 7) is 3.63. The topological polar surface area (TPSA) is 93.9 Å². The molecule has 1 aliphatic heterocycles. The predicted octanol–water partition coefficient (Wildman–Crippen LogP) is 1.47. The van der Waals surface area contributed by atoms with Gasteiger partial charge in [0.15, 0.2) is 11.5 Å². The fourth-order valence-electron chi connectivity index (χ4n) is 2.48. The second-order valence-electron chi connectivity index (χ2n) is 5.09. The molecule has 0 aromatic heterocycles. The average molecular weight is 346 g/mol. The summed E-state index contributed by atoms with van der Waals surface area (Å²) in [6.07, 6.45) is 0. The Hall–Kier alpha value is -2.06. The van der Waals surface area contributed by atoms with Gasteiger partial charge in [0.25, 0.3) is 11.6 Å². The first-order valence-corrected chi connectivity index (χ1v) is 6.91. The Labute approximate surface area is 140 Å². The van der Waals surface area contributed by atoms with E-state index in [2.05, 4.69) is 5.32 Å². The third kappa shape index (κ3) is 4.02. The minimum absolute atomic E-state index is 0. The van der Waals surface area contributed by atoms with Gasteiger partial charge < -0.3 is 19.7 Å². The molecule has 0 saturated carbocycles. The number of hydrogen-bond acceptors (Lipinski definition) is 6. The summed E-state index contributed by atoms with van der Waals surface area (Å²) in [5.74, 6) is 0.139. The molecule has 8 nitrogen and oxygen atoms in total. The summed E-state index contributed by atoms with van der Waals surface area (Å²) >= 11 is 0. The Morgan fingerprint density at radius 1 is 1.35 bits per heavy atom. The van der Waals surface area contributed by atoms with Gasteiger partial charge in [-0.1, -0.05) is 0 Å². The van der Waals surface area contributed by atoms with Crippen LogP contribution >= 0.6 is 12.4 Å². The minimum atomic E-state index is -0.583. The van der Waals surface area contributed by atoms with Crippen molar-refractivity contribution in [3.63, 3.8) is 0 Å². The van der Waals surface area contributed by atoms with Gasteiger partial charge >= 0.3 is 0 Å². The summed E-state index contributed by atoms with van der Waals surface area (Å²) in [4.78, 5) is 24.9. The van der Waals surface area contributed by atoms with Crippen LogP contribution in [0.4, 0.5) is 5.69 Å². The van der Waals surface area contributed by atoms with E-state index in [9.17, 15) is 14.9 Å². The van der Waals surface area contributed by atoms with Gasteiger partial charge in [-0.25, -0.2) is 0 Å². The smallest absolute Gasteiger partial charge is 0.286 e. The molecule has 0 radical (unpaired) electrons. The molecule has 1 aliphatic rings. The molecule has 0 aliphatic carbocycles. The number of nitrogens with one attached hydrogen (secondary N) is 1. The number of carbonyl (C=O) groups excluding carboxylic acids is 1. The van der Waals surface area contributed by atoms with Crippen molar-refractivity contribution < 1.29 is 19.2 Å². The number of amides is 1. The molecule has 1 atom stereocenters. The number of carbonyl (C=O) groups is 1. The first-order valence-electron chi connectivity index (χ1n) is 6.91. The van der Waals surface area contributed by atoms with Crippen LogP contribution < -0.4 is 14.8 Å². The molecule has 1 aromatic carbocycles. The molecule has 9 heteroatoms. The maximum absolute atomic E-state index is 12.6. The van der Waals surface area contributed by atoms with Crippen molar-refractivity contribution in [2.75, 3.05) is 33.9 Å². The molecule has 0 bridgehead atoms. The monoisotopic (exact) mass is 345 g/mol. The Kier molecular flexibility index (Phi) is 6.59. The molecule has 128 valence electrons. The van der Waals surface area contributed by atoms with E-state index in [4.69, 9.17) is 9.47 Å². The highest BCUT2D eigenvalue weighted by Crippen LogP contribution is 2.35. The molecule has 1 unspecified atom stereocenters. The SMILES string of the molecule is COc1cc(C(=O)N2CCNC(C)C2)c([N+](=O)[O-])cc1OC.Cl. The number of nitro groups is 1. The summed E-state index contributed by atoms with van der Waals surface area (Å²) in [5.41, 5.74) is -0.273. The number of hydrogen-bond donors (Lipinski definition) is 1. The maximum Gasteiger partial charge on any atom is 0.286 e. The van der Waals surface area contributed by atoms with E-state index < -0.39 is 4.92 Å². The third-order valence-corrected chi connectivity index (χ3v) is 3.58. The van der Waals surface area contributed by atoms with Crippen molar-refractivity contribution in [2.24, 2.45) is 0 Å².